The number of ether oxygens (including phenoxy) is 1. The van der Waals surface area contributed by atoms with Crippen molar-refractivity contribution < 1.29 is 4.74 Å². The molecule has 0 spiro atoms. The fourth-order valence-electron chi connectivity index (χ4n) is 1.64. The van der Waals surface area contributed by atoms with Crippen LogP contribution in [0.4, 0.5) is 0 Å². The molecule has 0 amide bonds. The van der Waals surface area contributed by atoms with E-state index in [1.165, 1.54) is 4.68 Å². The number of halogens is 2. The summed E-state index contributed by atoms with van der Waals surface area (Å²) in [7, 11) is 0. The Kier molecular flexibility index (Phi) is 5.00. The van der Waals surface area contributed by atoms with Gasteiger partial charge in [0.05, 0.1) is 10.7 Å². The molecule has 1 aromatic heterocycles. The fourth-order valence-corrected chi connectivity index (χ4v) is 3.33. The van der Waals surface area contributed by atoms with Gasteiger partial charge in [-0.05, 0) is 22.0 Å². The normalized spacial score (nSPS) is 11.3. The van der Waals surface area contributed by atoms with Crippen molar-refractivity contribution in [2.24, 2.45) is 0 Å². The molecule has 0 radical (unpaired) electrons. The number of benzene rings is 1. The highest BCUT2D eigenvalue weighted by Crippen LogP contribution is 2.33. The Bertz CT molecular complexity index is 799. The van der Waals surface area contributed by atoms with Crippen LogP contribution in [0.1, 0.15) is 25.8 Å². The summed E-state index contributed by atoms with van der Waals surface area (Å²) in [5.41, 5.74) is 0.365. The topological polar surface area (TPSA) is 44.1 Å². The van der Waals surface area contributed by atoms with Crippen molar-refractivity contribution in [3.63, 3.8) is 0 Å². The molecule has 0 fully saturated rings. The number of terminal acetylenes is 1. The maximum Gasteiger partial charge on any atom is 0.329 e. The molecule has 4 nitrogen and oxygen atoms in total. The van der Waals surface area contributed by atoms with E-state index < -0.39 is 0 Å². The zero-order chi connectivity index (χ0) is 16.5. The maximum absolute atomic E-state index is 12.2. The minimum absolute atomic E-state index is 0.0972. The molecule has 0 bridgehead atoms. The molecule has 0 unspecified atom stereocenters. The van der Waals surface area contributed by atoms with E-state index in [9.17, 15) is 4.79 Å². The van der Waals surface area contributed by atoms with Crippen LogP contribution in [0.3, 0.4) is 0 Å². The quantitative estimate of drug-likeness (QED) is 0.730. The third kappa shape index (κ3) is 3.54. The molecule has 2 aromatic rings. The van der Waals surface area contributed by atoms with E-state index in [1.807, 2.05) is 20.8 Å². The van der Waals surface area contributed by atoms with Crippen LogP contribution in [0.5, 0.6) is 5.75 Å². The first-order chi connectivity index (χ1) is 10.2. The van der Waals surface area contributed by atoms with Gasteiger partial charge in [0.15, 0.2) is 0 Å². The third-order valence-corrected chi connectivity index (χ3v) is 4.90. The predicted octanol–water partition coefficient (Wildman–Crippen LogP) is 4.02. The van der Waals surface area contributed by atoms with E-state index in [0.717, 1.165) is 16.3 Å². The van der Waals surface area contributed by atoms with Gasteiger partial charge in [-0.1, -0.05) is 49.6 Å². The summed E-state index contributed by atoms with van der Waals surface area (Å²) in [6.45, 7) is 6.12. The number of aromatic nitrogens is 2. The van der Waals surface area contributed by atoms with Crippen LogP contribution in [-0.4, -0.2) is 16.4 Å². The lowest BCUT2D eigenvalue weighted by Gasteiger charge is -2.13. The third-order valence-electron chi connectivity index (χ3n) is 2.73. The molecule has 0 saturated heterocycles. The Balaban J connectivity index is 2.56. The predicted molar refractivity (Wildman–Crippen MR) is 93.4 cm³/mol. The summed E-state index contributed by atoms with van der Waals surface area (Å²) in [6, 6.07) is 3.31. The van der Waals surface area contributed by atoms with Crippen LogP contribution in [0, 0.1) is 12.3 Å². The van der Waals surface area contributed by atoms with Gasteiger partial charge in [-0.25, -0.2) is 0 Å². The second-order valence-corrected chi connectivity index (χ2v) is 7.76. The van der Waals surface area contributed by atoms with E-state index in [2.05, 4.69) is 26.9 Å². The van der Waals surface area contributed by atoms with Gasteiger partial charge in [0.1, 0.15) is 17.4 Å². The van der Waals surface area contributed by atoms with Gasteiger partial charge in [-0.15, -0.1) is 6.42 Å². The Hall–Kier alpha value is -1.29. The molecule has 1 aromatic carbocycles. The summed E-state index contributed by atoms with van der Waals surface area (Å²) in [6.07, 6.45) is 5.19. The van der Waals surface area contributed by atoms with Gasteiger partial charge in [-0.3, -0.25) is 4.79 Å². The Morgan fingerprint density at radius 1 is 1.50 bits per heavy atom. The average molecular weight is 402 g/mol. The molecule has 0 N–H and O–H groups in total. The minimum atomic E-state index is -0.198. The second-order valence-electron chi connectivity index (χ2n) is 5.56. The largest absolute Gasteiger partial charge is 0.479 e. The monoisotopic (exact) mass is 400 g/mol. The first kappa shape index (κ1) is 17.1. The molecule has 116 valence electrons. The highest BCUT2D eigenvalue weighted by atomic mass is 79.9. The van der Waals surface area contributed by atoms with Crippen molar-refractivity contribution in [3.05, 3.63) is 36.3 Å². The van der Waals surface area contributed by atoms with Gasteiger partial charge in [0.2, 0.25) is 0 Å². The molecule has 0 atom stereocenters. The molecule has 22 heavy (non-hydrogen) atoms. The number of nitrogens with zero attached hydrogens (tertiary/aromatic N) is 2. The van der Waals surface area contributed by atoms with E-state index >= 15 is 0 Å². The fraction of sp³-hybridized carbons (Fsp3) is 0.333. The zero-order valence-electron chi connectivity index (χ0n) is 12.3. The SMILES string of the molecule is C#CCOc1cc(-n2nc(C(C)(C)C)sc2=O)c(Br)cc1Cl. The molecule has 2 rings (SSSR count). The van der Waals surface area contributed by atoms with Crippen LogP contribution in [0.25, 0.3) is 5.69 Å². The molecular formula is C15H14BrClN2O2S. The van der Waals surface area contributed by atoms with Crippen LogP contribution < -0.4 is 9.61 Å². The van der Waals surface area contributed by atoms with Crippen LogP contribution in [-0.2, 0) is 5.41 Å². The molecule has 0 aliphatic heterocycles. The smallest absolute Gasteiger partial charge is 0.329 e. The highest BCUT2D eigenvalue weighted by Gasteiger charge is 2.22. The summed E-state index contributed by atoms with van der Waals surface area (Å²) in [5, 5.41) is 5.58. The number of rotatable bonds is 3. The van der Waals surface area contributed by atoms with Crippen molar-refractivity contribution in [2.75, 3.05) is 6.61 Å². The number of hydrogen-bond acceptors (Lipinski definition) is 4. The van der Waals surface area contributed by atoms with Crippen molar-refractivity contribution in [1.29, 1.82) is 0 Å². The molecule has 7 heteroatoms. The van der Waals surface area contributed by atoms with Gasteiger partial charge in [-0.2, -0.15) is 9.78 Å². The van der Waals surface area contributed by atoms with Crippen molar-refractivity contribution in [2.45, 2.75) is 26.2 Å². The molecular weight excluding hydrogens is 388 g/mol. The average Bonchev–Trinajstić information content (AvgIpc) is 2.80. The van der Waals surface area contributed by atoms with Crippen molar-refractivity contribution in [1.82, 2.24) is 9.78 Å². The minimum Gasteiger partial charge on any atom is -0.479 e. The first-order valence-corrected chi connectivity index (χ1v) is 8.39. The lowest BCUT2D eigenvalue weighted by Crippen LogP contribution is -2.15. The Labute approximate surface area is 146 Å². The molecule has 0 saturated carbocycles. The van der Waals surface area contributed by atoms with E-state index in [1.54, 1.807) is 12.1 Å². The summed E-state index contributed by atoms with van der Waals surface area (Å²) in [4.78, 5) is 12.1. The van der Waals surface area contributed by atoms with Crippen molar-refractivity contribution >= 4 is 38.9 Å². The van der Waals surface area contributed by atoms with Crippen LogP contribution in [0.15, 0.2) is 21.4 Å². The van der Waals surface area contributed by atoms with Gasteiger partial charge in [0.25, 0.3) is 0 Å². The van der Waals surface area contributed by atoms with E-state index in [4.69, 9.17) is 22.8 Å². The van der Waals surface area contributed by atoms with Gasteiger partial charge in [0, 0.05) is 16.0 Å². The first-order valence-electron chi connectivity index (χ1n) is 6.40. The number of hydrogen-bond donors (Lipinski definition) is 0. The maximum atomic E-state index is 12.2. The zero-order valence-corrected chi connectivity index (χ0v) is 15.5. The van der Waals surface area contributed by atoms with E-state index in [0.29, 0.717) is 20.9 Å². The van der Waals surface area contributed by atoms with Crippen molar-refractivity contribution in [3.8, 4) is 23.8 Å². The Morgan fingerprint density at radius 3 is 2.73 bits per heavy atom. The second kappa shape index (κ2) is 6.45. The van der Waals surface area contributed by atoms with Crippen LogP contribution >= 0.6 is 38.9 Å². The Morgan fingerprint density at radius 2 is 2.18 bits per heavy atom. The van der Waals surface area contributed by atoms with Gasteiger partial charge >= 0.3 is 4.87 Å². The lowest BCUT2D eigenvalue weighted by molar-refractivity contribution is 0.370. The van der Waals surface area contributed by atoms with E-state index in [-0.39, 0.29) is 16.9 Å². The van der Waals surface area contributed by atoms with Crippen LogP contribution in [0.2, 0.25) is 5.02 Å². The summed E-state index contributed by atoms with van der Waals surface area (Å²) in [5.74, 6) is 2.79. The summed E-state index contributed by atoms with van der Waals surface area (Å²) < 4.78 is 7.38. The molecule has 1 heterocycles. The summed E-state index contributed by atoms with van der Waals surface area (Å²) >= 11 is 10.6. The highest BCUT2D eigenvalue weighted by molar-refractivity contribution is 9.10. The lowest BCUT2D eigenvalue weighted by atomic mass is 9.98. The van der Waals surface area contributed by atoms with Gasteiger partial charge < -0.3 is 4.74 Å². The molecule has 0 aliphatic rings. The standard InChI is InChI=1S/C15H14BrClN2O2S/c1-5-6-21-12-8-11(9(16)7-10(12)17)19-14(20)22-13(18-19)15(2,3)4/h1,7-8H,6H2,2-4H3. The molecule has 0 aliphatic carbocycles.